The first kappa shape index (κ1) is 9.67. The molecule has 0 saturated heterocycles. The zero-order valence-corrected chi connectivity index (χ0v) is 7.80. The zero-order chi connectivity index (χ0) is 3.41. The van der Waals surface area contributed by atoms with Crippen LogP contribution in [0.1, 0.15) is 0 Å². The second kappa shape index (κ2) is 9.07. The molecule has 0 fully saturated rings. The normalized spacial score (nSPS) is 3.20. The fourth-order valence-corrected chi connectivity index (χ4v) is 0. The molecule has 0 aromatic rings. The SMILES string of the molecule is N#CO[SeH].[K]. The van der Waals surface area contributed by atoms with Crippen LogP contribution in [-0.4, -0.2) is 67.7 Å². The van der Waals surface area contributed by atoms with Gasteiger partial charge in [-0.05, 0) is 0 Å². The Kier molecular flexibility index (Phi) is 17.5. The number of hydrogen-bond acceptors (Lipinski definition) is 2. The summed E-state index contributed by atoms with van der Waals surface area (Å²) in [5, 5.41) is 7.39. The molecule has 5 heavy (non-hydrogen) atoms. The van der Waals surface area contributed by atoms with Crippen LogP contribution in [-0.2, 0) is 3.82 Å². The molecule has 0 aliphatic rings. The van der Waals surface area contributed by atoms with Gasteiger partial charge in [0.25, 0.3) is 0 Å². The molecule has 0 aliphatic carbocycles. The summed E-state index contributed by atoms with van der Waals surface area (Å²) in [4.78, 5) is 0. The number of rotatable bonds is 0. The first-order valence-electron chi connectivity index (χ1n) is 0.610. The van der Waals surface area contributed by atoms with Gasteiger partial charge in [-0.2, -0.15) is 0 Å². The van der Waals surface area contributed by atoms with Crippen LogP contribution in [0.2, 0.25) is 0 Å². The summed E-state index contributed by atoms with van der Waals surface area (Å²) < 4.78 is 3.78. The molecular formula is CHKNOSe. The van der Waals surface area contributed by atoms with E-state index in [9.17, 15) is 0 Å². The molecule has 4 heteroatoms. The standard InChI is InChI=1S/CHNOSe.K/c2-1-3-4;/h4H;. The van der Waals surface area contributed by atoms with Crippen LogP contribution in [0.3, 0.4) is 0 Å². The Labute approximate surface area is 81.4 Å². The minimum atomic E-state index is 0. The van der Waals surface area contributed by atoms with Crippen molar-refractivity contribution in [3.05, 3.63) is 0 Å². The summed E-state index contributed by atoms with van der Waals surface area (Å²) in [6.45, 7) is 0. The van der Waals surface area contributed by atoms with Gasteiger partial charge in [0.2, 0.25) is 0 Å². The number of nitriles is 1. The van der Waals surface area contributed by atoms with Crippen molar-refractivity contribution in [3.63, 3.8) is 0 Å². The molecular weight excluding hydrogens is 160 g/mol. The molecule has 0 bridgehead atoms. The Morgan fingerprint density at radius 3 is 2.00 bits per heavy atom. The third-order valence-corrected chi connectivity index (χ3v) is 0.212. The quantitative estimate of drug-likeness (QED) is 0.334. The summed E-state index contributed by atoms with van der Waals surface area (Å²) in [5.74, 6) is 0. The minimum Gasteiger partial charge on any atom is 0 e. The maximum absolute atomic E-state index is 7.39. The van der Waals surface area contributed by atoms with Gasteiger partial charge >= 0.3 is 31.7 Å². The number of hydrogen-bond donors (Lipinski definition) is 0. The van der Waals surface area contributed by atoms with Gasteiger partial charge < -0.3 is 0 Å². The molecule has 0 spiro atoms. The predicted octanol–water partition coefficient (Wildman–Crippen LogP) is -1.08. The maximum atomic E-state index is 7.39. The van der Waals surface area contributed by atoms with Crippen LogP contribution >= 0.6 is 0 Å². The van der Waals surface area contributed by atoms with Gasteiger partial charge in [-0.25, -0.2) is 0 Å². The third-order valence-electron chi connectivity index (χ3n) is 0.0408. The summed E-state index contributed by atoms with van der Waals surface area (Å²) in [6.07, 6.45) is 1.40. The minimum absolute atomic E-state index is 0. The van der Waals surface area contributed by atoms with Crippen LogP contribution < -0.4 is 0 Å². The molecule has 0 rings (SSSR count). The Morgan fingerprint density at radius 2 is 2.00 bits per heavy atom. The van der Waals surface area contributed by atoms with Gasteiger partial charge in [-0.15, -0.1) is 0 Å². The molecule has 0 atom stereocenters. The predicted molar refractivity (Wildman–Crippen MR) is 19.6 cm³/mol. The van der Waals surface area contributed by atoms with Crippen molar-refractivity contribution in [2.75, 3.05) is 0 Å². The van der Waals surface area contributed by atoms with Crippen molar-refractivity contribution in [3.8, 4) is 6.26 Å². The topological polar surface area (TPSA) is 33.0 Å². The molecule has 0 aromatic heterocycles. The number of nitrogens with zero attached hydrogens (tertiary/aromatic N) is 1. The van der Waals surface area contributed by atoms with Gasteiger partial charge in [-0.1, -0.05) is 0 Å². The van der Waals surface area contributed by atoms with E-state index in [-0.39, 0.29) is 51.4 Å². The van der Waals surface area contributed by atoms with Crippen molar-refractivity contribution in [1.82, 2.24) is 0 Å². The summed E-state index contributed by atoms with van der Waals surface area (Å²) in [7, 11) is 0. The zero-order valence-electron chi connectivity index (χ0n) is 2.80. The van der Waals surface area contributed by atoms with E-state index in [0.717, 1.165) is 0 Å². The molecule has 0 aliphatic heterocycles. The average Bonchev–Trinajstić information content (AvgIpc) is 1.37. The maximum Gasteiger partial charge on any atom is 0 e. The van der Waals surface area contributed by atoms with Crippen molar-refractivity contribution in [1.29, 1.82) is 5.26 Å². The molecule has 0 saturated carbocycles. The van der Waals surface area contributed by atoms with Crippen molar-refractivity contribution in [2.45, 2.75) is 0 Å². The van der Waals surface area contributed by atoms with E-state index in [1.807, 2.05) is 0 Å². The molecule has 0 amide bonds. The fourth-order valence-electron chi connectivity index (χ4n) is 0. The summed E-state index contributed by atoms with van der Waals surface area (Å²) >= 11 is 1.68. The summed E-state index contributed by atoms with van der Waals surface area (Å²) in [5.41, 5.74) is 0. The van der Waals surface area contributed by atoms with Gasteiger partial charge in [0.05, 0.1) is 0 Å². The second-order valence-corrected chi connectivity index (χ2v) is 0.566. The van der Waals surface area contributed by atoms with Crippen molar-refractivity contribution >= 4 is 67.7 Å². The van der Waals surface area contributed by atoms with Crippen LogP contribution in [0.5, 0.6) is 0 Å². The third kappa shape index (κ3) is 10.8. The van der Waals surface area contributed by atoms with E-state index >= 15 is 0 Å². The smallest absolute Gasteiger partial charge is 0 e. The van der Waals surface area contributed by atoms with E-state index in [1.54, 1.807) is 16.3 Å². The monoisotopic (exact) mass is 162 g/mol. The molecule has 0 aromatic carbocycles. The van der Waals surface area contributed by atoms with Crippen molar-refractivity contribution < 1.29 is 3.82 Å². The van der Waals surface area contributed by atoms with E-state index in [2.05, 4.69) is 3.82 Å². The molecule has 0 unspecified atom stereocenters. The Morgan fingerprint density at radius 1 is 1.80 bits per heavy atom. The Balaban J connectivity index is 0. The van der Waals surface area contributed by atoms with Gasteiger partial charge in [0.1, 0.15) is 0 Å². The van der Waals surface area contributed by atoms with Crippen LogP contribution in [0, 0.1) is 11.5 Å². The molecule has 1 radical (unpaired) electrons. The van der Waals surface area contributed by atoms with Gasteiger partial charge in [-0.3, -0.25) is 0 Å². The molecule has 0 heterocycles. The van der Waals surface area contributed by atoms with E-state index < -0.39 is 0 Å². The van der Waals surface area contributed by atoms with E-state index in [1.165, 1.54) is 6.26 Å². The van der Waals surface area contributed by atoms with E-state index in [4.69, 9.17) is 5.26 Å². The van der Waals surface area contributed by atoms with Crippen LogP contribution in [0.15, 0.2) is 0 Å². The summed E-state index contributed by atoms with van der Waals surface area (Å²) in [6, 6.07) is 0. The van der Waals surface area contributed by atoms with Gasteiger partial charge in [0.15, 0.2) is 0 Å². The fraction of sp³-hybridized carbons (Fsp3) is 0. The first-order valence-corrected chi connectivity index (χ1v) is 1.38. The van der Waals surface area contributed by atoms with Crippen LogP contribution in [0.4, 0.5) is 0 Å². The molecule has 2 nitrogen and oxygen atoms in total. The largest absolute Gasteiger partial charge is 0 e. The Hall–Kier alpha value is 1.45. The van der Waals surface area contributed by atoms with Crippen molar-refractivity contribution in [2.24, 2.45) is 0 Å². The van der Waals surface area contributed by atoms with Gasteiger partial charge in [0, 0.05) is 51.4 Å². The average molecular weight is 161 g/mol. The Bertz CT molecular complexity index is 41.4. The first-order chi connectivity index (χ1) is 1.91. The molecule has 23 valence electrons. The van der Waals surface area contributed by atoms with E-state index in [0.29, 0.717) is 0 Å². The molecule has 0 N–H and O–H groups in total. The van der Waals surface area contributed by atoms with Crippen LogP contribution in [0.25, 0.3) is 0 Å². The second-order valence-electron chi connectivity index (χ2n) is 0.183.